The molecule has 0 radical (unpaired) electrons. The minimum absolute atomic E-state index is 0.169. The van der Waals surface area contributed by atoms with Gasteiger partial charge in [0.25, 0.3) is 0 Å². The second-order valence-corrected chi connectivity index (χ2v) is 6.11. The molecule has 104 valence electrons. The summed E-state index contributed by atoms with van der Waals surface area (Å²) in [6.45, 7) is 4.60. The molecule has 0 aliphatic carbocycles. The van der Waals surface area contributed by atoms with Gasteiger partial charge in [-0.3, -0.25) is 4.79 Å². The molecule has 0 bridgehead atoms. The fourth-order valence-electron chi connectivity index (χ4n) is 2.66. The molecule has 1 amide bonds. The fourth-order valence-corrected chi connectivity index (χ4v) is 3.11. The van der Waals surface area contributed by atoms with Gasteiger partial charge in [0.1, 0.15) is 0 Å². The summed E-state index contributed by atoms with van der Waals surface area (Å²) in [6.07, 6.45) is 2.79. The summed E-state index contributed by atoms with van der Waals surface area (Å²) in [4.78, 5) is 12.5. The zero-order valence-electron chi connectivity index (χ0n) is 11.3. The average Bonchev–Trinajstić information content (AvgIpc) is 2.45. The molecule has 0 spiro atoms. The average molecular weight is 325 g/mol. The second-order valence-electron chi connectivity index (χ2n) is 5.20. The number of nitrogens with one attached hydrogen (secondary N) is 2. The zero-order valence-corrected chi connectivity index (χ0v) is 12.9. The van der Waals surface area contributed by atoms with Crippen molar-refractivity contribution in [3.63, 3.8) is 0 Å². The number of hydrogen-bond donors (Lipinski definition) is 2. The molecule has 0 atom stereocenters. The second kappa shape index (κ2) is 6.53. The van der Waals surface area contributed by atoms with Gasteiger partial charge >= 0.3 is 0 Å². The van der Waals surface area contributed by atoms with Crippen LogP contribution in [0.25, 0.3) is 0 Å². The van der Waals surface area contributed by atoms with Crippen LogP contribution in [0.5, 0.6) is 0 Å². The zero-order chi connectivity index (χ0) is 13.7. The van der Waals surface area contributed by atoms with Gasteiger partial charge in [-0.05, 0) is 50.0 Å². The number of halogens is 1. The van der Waals surface area contributed by atoms with E-state index in [1.54, 1.807) is 0 Å². The summed E-state index contributed by atoms with van der Waals surface area (Å²) in [5.41, 5.74) is 0.958. The van der Waals surface area contributed by atoms with Crippen LogP contribution >= 0.6 is 15.9 Å². The molecule has 1 aromatic rings. The number of hydrogen-bond acceptors (Lipinski definition) is 2. The van der Waals surface area contributed by atoms with E-state index in [2.05, 4.69) is 33.5 Å². The molecule has 0 unspecified atom stereocenters. The van der Waals surface area contributed by atoms with Crippen LogP contribution in [0.3, 0.4) is 0 Å². The first-order valence-electron chi connectivity index (χ1n) is 6.90. The highest BCUT2D eigenvalue weighted by molar-refractivity contribution is 9.10. The van der Waals surface area contributed by atoms with Gasteiger partial charge in [0.05, 0.1) is 5.41 Å². The molecule has 1 heterocycles. The van der Waals surface area contributed by atoms with E-state index in [1.807, 2.05) is 24.3 Å². The molecular formula is C15H21BrN2O. The molecule has 0 aromatic heterocycles. The van der Waals surface area contributed by atoms with E-state index in [9.17, 15) is 4.79 Å². The number of rotatable bonds is 4. The fraction of sp³-hybridized carbons (Fsp3) is 0.533. The maximum atomic E-state index is 12.5. The quantitative estimate of drug-likeness (QED) is 0.894. The van der Waals surface area contributed by atoms with E-state index in [-0.39, 0.29) is 11.3 Å². The summed E-state index contributed by atoms with van der Waals surface area (Å²) in [5, 5.41) is 6.42. The standard InChI is InChI=1S/C15H21BrN2O/c1-2-15(6-8-17-9-7-15)14(19)18-11-12-4-3-5-13(16)10-12/h3-5,10,17H,2,6-9,11H2,1H3,(H,18,19). The lowest BCUT2D eigenvalue weighted by Gasteiger charge is -2.35. The van der Waals surface area contributed by atoms with Crippen LogP contribution in [-0.4, -0.2) is 19.0 Å². The van der Waals surface area contributed by atoms with Crippen molar-refractivity contribution in [1.29, 1.82) is 0 Å². The highest BCUT2D eigenvalue weighted by Gasteiger charge is 2.37. The lowest BCUT2D eigenvalue weighted by molar-refractivity contribution is -0.133. The third-order valence-corrected chi connectivity index (χ3v) is 4.55. The topological polar surface area (TPSA) is 41.1 Å². The Labute approximate surface area is 123 Å². The van der Waals surface area contributed by atoms with E-state index < -0.39 is 0 Å². The van der Waals surface area contributed by atoms with Gasteiger partial charge in [0.2, 0.25) is 5.91 Å². The van der Waals surface area contributed by atoms with Crippen molar-refractivity contribution in [2.75, 3.05) is 13.1 Å². The third-order valence-electron chi connectivity index (χ3n) is 4.06. The van der Waals surface area contributed by atoms with Crippen molar-refractivity contribution in [3.05, 3.63) is 34.3 Å². The lowest BCUT2D eigenvalue weighted by Crippen LogP contribution is -2.47. The number of carbonyl (C=O) groups is 1. The summed E-state index contributed by atoms with van der Waals surface area (Å²) in [7, 11) is 0. The SMILES string of the molecule is CCC1(C(=O)NCc2cccc(Br)c2)CCNCC1. The highest BCUT2D eigenvalue weighted by atomic mass is 79.9. The molecular weight excluding hydrogens is 304 g/mol. The number of benzene rings is 1. The molecule has 2 N–H and O–H groups in total. The smallest absolute Gasteiger partial charge is 0.226 e. The van der Waals surface area contributed by atoms with Crippen LogP contribution < -0.4 is 10.6 Å². The van der Waals surface area contributed by atoms with Crippen molar-refractivity contribution < 1.29 is 4.79 Å². The van der Waals surface area contributed by atoms with E-state index in [4.69, 9.17) is 0 Å². The molecule has 0 saturated carbocycles. The highest BCUT2D eigenvalue weighted by Crippen LogP contribution is 2.32. The molecule has 1 saturated heterocycles. The molecule has 19 heavy (non-hydrogen) atoms. The predicted octanol–water partition coefficient (Wildman–Crippen LogP) is 2.85. The van der Waals surface area contributed by atoms with Gasteiger partial charge in [0.15, 0.2) is 0 Å². The molecule has 1 aromatic carbocycles. The van der Waals surface area contributed by atoms with E-state index in [0.29, 0.717) is 6.54 Å². The van der Waals surface area contributed by atoms with Crippen molar-refractivity contribution in [2.24, 2.45) is 5.41 Å². The first-order chi connectivity index (χ1) is 9.16. The molecule has 4 heteroatoms. The van der Waals surface area contributed by atoms with Crippen molar-refractivity contribution in [2.45, 2.75) is 32.7 Å². The Bertz CT molecular complexity index is 442. The van der Waals surface area contributed by atoms with Gasteiger partial charge in [-0.1, -0.05) is 35.0 Å². The lowest BCUT2D eigenvalue weighted by atomic mass is 9.76. The first kappa shape index (κ1) is 14.5. The Hall–Kier alpha value is -0.870. The van der Waals surface area contributed by atoms with Crippen LogP contribution in [0.4, 0.5) is 0 Å². The third kappa shape index (κ3) is 3.57. The van der Waals surface area contributed by atoms with Crippen LogP contribution in [-0.2, 0) is 11.3 Å². The Morgan fingerprint density at radius 3 is 2.79 bits per heavy atom. The monoisotopic (exact) mass is 324 g/mol. The summed E-state index contributed by atoms with van der Waals surface area (Å²) in [6, 6.07) is 8.06. The van der Waals surface area contributed by atoms with Crippen LogP contribution in [0, 0.1) is 5.41 Å². The number of carbonyl (C=O) groups excluding carboxylic acids is 1. The summed E-state index contributed by atoms with van der Waals surface area (Å²) in [5.74, 6) is 0.205. The normalized spacial score (nSPS) is 18.0. The molecule has 3 nitrogen and oxygen atoms in total. The summed E-state index contributed by atoms with van der Waals surface area (Å²) >= 11 is 3.45. The summed E-state index contributed by atoms with van der Waals surface area (Å²) < 4.78 is 1.05. The van der Waals surface area contributed by atoms with Gasteiger partial charge in [0, 0.05) is 11.0 Å². The van der Waals surface area contributed by atoms with E-state index in [0.717, 1.165) is 42.4 Å². The van der Waals surface area contributed by atoms with Gasteiger partial charge < -0.3 is 10.6 Å². The minimum Gasteiger partial charge on any atom is -0.352 e. The minimum atomic E-state index is -0.169. The van der Waals surface area contributed by atoms with E-state index >= 15 is 0 Å². The van der Waals surface area contributed by atoms with Crippen LogP contribution in [0.2, 0.25) is 0 Å². The molecule has 1 aliphatic rings. The van der Waals surface area contributed by atoms with Crippen molar-refractivity contribution >= 4 is 21.8 Å². The number of piperidine rings is 1. The van der Waals surface area contributed by atoms with Crippen LogP contribution in [0.1, 0.15) is 31.7 Å². The van der Waals surface area contributed by atoms with Crippen molar-refractivity contribution in [1.82, 2.24) is 10.6 Å². The van der Waals surface area contributed by atoms with Gasteiger partial charge in [-0.15, -0.1) is 0 Å². The maximum Gasteiger partial charge on any atom is 0.226 e. The Morgan fingerprint density at radius 2 is 2.16 bits per heavy atom. The number of amides is 1. The maximum absolute atomic E-state index is 12.5. The predicted molar refractivity (Wildman–Crippen MR) is 80.8 cm³/mol. The van der Waals surface area contributed by atoms with Gasteiger partial charge in [-0.25, -0.2) is 0 Å². The van der Waals surface area contributed by atoms with E-state index in [1.165, 1.54) is 0 Å². The molecule has 1 fully saturated rings. The molecule has 1 aliphatic heterocycles. The van der Waals surface area contributed by atoms with Gasteiger partial charge in [-0.2, -0.15) is 0 Å². The Morgan fingerprint density at radius 1 is 1.42 bits per heavy atom. The largest absolute Gasteiger partial charge is 0.352 e. The Balaban J connectivity index is 1.96. The van der Waals surface area contributed by atoms with Crippen molar-refractivity contribution in [3.8, 4) is 0 Å². The first-order valence-corrected chi connectivity index (χ1v) is 7.69. The molecule has 2 rings (SSSR count). The Kier molecular flexibility index (Phi) is 4.99. The van der Waals surface area contributed by atoms with Crippen LogP contribution in [0.15, 0.2) is 28.7 Å².